The molecule has 0 saturated carbocycles. The van der Waals surface area contributed by atoms with E-state index in [1.54, 1.807) is 11.3 Å². The number of rotatable bonds is 7. The summed E-state index contributed by atoms with van der Waals surface area (Å²) in [6, 6.07) is 10.1. The first-order valence-corrected chi connectivity index (χ1v) is 9.15. The number of aryl methyl sites for hydroxylation is 1. The molecular formula is C18H22BrN2OS+. The van der Waals surface area contributed by atoms with Gasteiger partial charge in [-0.2, -0.15) is 0 Å². The minimum absolute atomic E-state index is 0.0335. The molecule has 0 spiro atoms. The van der Waals surface area contributed by atoms with Crippen molar-refractivity contribution in [3.63, 3.8) is 0 Å². The molecule has 0 bridgehead atoms. The minimum Gasteiger partial charge on any atom is -0.321 e. The summed E-state index contributed by atoms with van der Waals surface area (Å²) in [6.07, 6.45) is 1.86. The van der Waals surface area contributed by atoms with Crippen molar-refractivity contribution in [1.82, 2.24) is 0 Å². The van der Waals surface area contributed by atoms with Crippen molar-refractivity contribution in [2.75, 3.05) is 18.4 Å². The lowest BCUT2D eigenvalue weighted by Crippen LogP contribution is -3.11. The fraction of sp³-hybridized carbons (Fsp3) is 0.278. The summed E-state index contributed by atoms with van der Waals surface area (Å²) in [5.41, 5.74) is 3.20. The van der Waals surface area contributed by atoms with E-state index in [0.29, 0.717) is 6.54 Å². The molecule has 0 fully saturated rings. The molecule has 0 aliphatic heterocycles. The summed E-state index contributed by atoms with van der Waals surface area (Å²) >= 11 is 5.19. The lowest BCUT2D eigenvalue weighted by Gasteiger charge is -2.17. The number of hydrogen-bond acceptors (Lipinski definition) is 2. The highest BCUT2D eigenvalue weighted by molar-refractivity contribution is 9.11. The summed E-state index contributed by atoms with van der Waals surface area (Å²) in [5.74, 6) is 0.0335. The van der Waals surface area contributed by atoms with E-state index >= 15 is 0 Å². The first-order chi connectivity index (χ1) is 11.0. The van der Waals surface area contributed by atoms with Crippen LogP contribution in [0.1, 0.15) is 16.0 Å². The smallest absolute Gasteiger partial charge is 0.279 e. The molecule has 2 rings (SSSR count). The predicted octanol–water partition coefficient (Wildman–Crippen LogP) is 3.34. The summed E-state index contributed by atoms with van der Waals surface area (Å²) in [7, 11) is 0. The van der Waals surface area contributed by atoms with Gasteiger partial charge in [-0.1, -0.05) is 18.7 Å². The third-order valence-corrected chi connectivity index (χ3v) is 5.40. The third kappa shape index (κ3) is 5.30. The molecule has 3 nitrogen and oxygen atoms in total. The molecule has 23 heavy (non-hydrogen) atoms. The van der Waals surface area contributed by atoms with E-state index in [2.05, 4.69) is 46.9 Å². The van der Waals surface area contributed by atoms with Crippen LogP contribution in [0.4, 0.5) is 5.69 Å². The molecule has 2 aromatic rings. The van der Waals surface area contributed by atoms with E-state index < -0.39 is 0 Å². The van der Waals surface area contributed by atoms with Crippen LogP contribution in [0, 0.1) is 13.8 Å². The summed E-state index contributed by atoms with van der Waals surface area (Å²) in [6.45, 7) is 9.89. The van der Waals surface area contributed by atoms with Gasteiger partial charge in [-0.15, -0.1) is 11.3 Å². The maximum atomic E-state index is 12.4. The molecule has 1 amide bonds. The largest absolute Gasteiger partial charge is 0.321 e. The van der Waals surface area contributed by atoms with E-state index in [1.165, 1.54) is 15.3 Å². The van der Waals surface area contributed by atoms with Crippen LogP contribution in [-0.4, -0.2) is 19.0 Å². The van der Waals surface area contributed by atoms with Crippen molar-refractivity contribution in [2.45, 2.75) is 20.4 Å². The normalized spacial score (nSPS) is 12.0. The Morgan fingerprint density at radius 2 is 2.13 bits per heavy atom. The minimum atomic E-state index is 0.0335. The van der Waals surface area contributed by atoms with Crippen molar-refractivity contribution in [1.29, 1.82) is 0 Å². The van der Waals surface area contributed by atoms with Crippen LogP contribution in [0.15, 0.2) is 46.8 Å². The fourth-order valence-electron chi connectivity index (χ4n) is 2.41. The number of anilines is 1. The molecule has 1 aromatic heterocycles. The number of thiophene rings is 1. The average molecular weight is 394 g/mol. The van der Waals surface area contributed by atoms with Crippen LogP contribution in [0.5, 0.6) is 0 Å². The van der Waals surface area contributed by atoms with Gasteiger partial charge in [-0.05, 0) is 65.2 Å². The molecule has 2 N–H and O–H groups in total. The van der Waals surface area contributed by atoms with Gasteiger partial charge in [0.1, 0.15) is 6.54 Å². The van der Waals surface area contributed by atoms with Gasteiger partial charge in [0.2, 0.25) is 0 Å². The molecular weight excluding hydrogens is 372 g/mol. The highest BCUT2D eigenvalue weighted by Gasteiger charge is 2.15. The Bertz CT molecular complexity index is 696. The zero-order valence-electron chi connectivity index (χ0n) is 13.5. The molecule has 0 radical (unpaired) electrons. The zero-order chi connectivity index (χ0) is 16.8. The van der Waals surface area contributed by atoms with Gasteiger partial charge in [0, 0.05) is 5.69 Å². The predicted molar refractivity (Wildman–Crippen MR) is 101 cm³/mol. The number of quaternary nitrogens is 1. The first-order valence-electron chi connectivity index (χ1n) is 7.54. The average Bonchev–Trinajstić information content (AvgIpc) is 2.89. The number of halogens is 1. The van der Waals surface area contributed by atoms with Gasteiger partial charge < -0.3 is 10.2 Å². The zero-order valence-corrected chi connectivity index (χ0v) is 15.9. The number of carbonyl (C=O) groups excluding carboxylic acids is 1. The van der Waals surface area contributed by atoms with Crippen molar-refractivity contribution >= 4 is 38.9 Å². The van der Waals surface area contributed by atoms with Gasteiger partial charge in [-0.3, -0.25) is 4.79 Å². The first kappa shape index (κ1) is 17.9. The van der Waals surface area contributed by atoms with Crippen molar-refractivity contribution in [3.8, 4) is 0 Å². The number of carbonyl (C=O) groups is 1. The Hall–Kier alpha value is -1.43. The summed E-state index contributed by atoms with van der Waals surface area (Å²) in [5, 5.41) is 3.03. The molecule has 1 heterocycles. The SMILES string of the molecule is C=CC[NH+](CC(=O)Nc1cccc(C)c1C)Cc1ccc(Br)s1. The quantitative estimate of drug-likeness (QED) is 0.694. The summed E-state index contributed by atoms with van der Waals surface area (Å²) in [4.78, 5) is 14.8. The van der Waals surface area contributed by atoms with Crippen LogP contribution in [-0.2, 0) is 11.3 Å². The Kier molecular flexibility index (Phi) is 6.57. The monoisotopic (exact) mass is 393 g/mol. The molecule has 122 valence electrons. The highest BCUT2D eigenvalue weighted by atomic mass is 79.9. The number of nitrogens with one attached hydrogen (secondary N) is 2. The van der Waals surface area contributed by atoms with E-state index in [4.69, 9.17) is 0 Å². The van der Waals surface area contributed by atoms with Gasteiger partial charge in [0.25, 0.3) is 5.91 Å². The molecule has 0 aliphatic rings. The van der Waals surface area contributed by atoms with Crippen LogP contribution in [0.2, 0.25) is 0 Å². The van der Waals surface area contributed by atoms with E-state index in [0.717, 1.165) is 28.1 Å². The lowest BCUT2D eigenvalue weighted by atomic mass is 10.1. The Morgan fingerprint density at radius 3 is 2.78 bits per heavy atom. The van der Waals surface area contributed by atoms with Crippen LogP contribution < -0.4 is 10.2 Å². The Labute approximate surface area is 150 Å². The second-order valence-electron chi connectivity index (χ2n) is 5.60. The van der Waals surface area contributed by atoms with E-state index in [-0.39, 0.29) is 5.91 Å². The molecule has 0 saturated heterocycles. The standard InChI is InChI=1S/C18H21BrN2OS/c1-4-10-21(11-15-8-9-17(19)23-15)12-18(22)20-16-7-5-6-13(2)14(16)3/h4-9H,1,10-12H2,2-3H3,(H,20,22)/p+1. The van der Waals surface area contributed by atoms with Crippen molar-refractivity contribution in [2.24, 2.45) is 0 Å². The van der Waals surface area contributed by atoms with Gasteiger partial charge in [0.05, 0.1) is 15.2 Å². The fourth-order valence-corrected chi connectivity index (χ4v) is 3.97. The Morgan fingerprint density at radius 1 is 1.35 bits per heavy atom. The van der Waals surface area contributed by atoms with Gasteiger partial charge in [0.15, 0.2) is 6.54 Å². The topological polar surface area (TPSA) is 33.5 Å². The second kappa shape index (κ2) is 8.43. The maximum Gasteiger partial charge on any atom is 0.279 e. The molecule has 1 unspecified atom stereocenters. The molecule has 1 aromatic carbocycles. The van der Waals surface area contributed by atoms with Crippen LogP contribution in [0.3, 0.4) is 0 Å². The van der Waals surface area contributed by atoms with Gasteiger partial charge >= 0.3 is 0 Å². The Balaban J connectivity index is 2.00. The van der Waals surface area contributed by atoms with E-state index in [1.807, 2.05) is 31.2 Å². The van der Waals surface area contributed by atoms with Crippen molar-refractivity contribution in [3.05, 3.63) is 62.8 Å². The number of amides is 1. The molecule has 0 aliphatic carbocycles. The van der Waals surface area contributed by atoms with Crippen LogP contribution in [0.25, 0.3) is 0 Å². The lowest BCUT2D eigenvalue weighted by molar-refractivity contribution is -0.899. The third-order valence-electron chi connectivity index (χ3n) is 3.78. The maximum absolute atomic E-state index is 12.4. The molecule has 1 atom stereocenters. The second-order valence-corrected chi connectivity index (χ2v) is 8.15. The molecule has 5 heteroatoms. The highest BCUT2D eigenvalue weighted by Crippen LogP contribution is 2.21. The van der Waals surface area contributed by atoms with E-state index in [9.17, 15) is 4.79 Å². The van der Waals surface area contributed by atoms with Crippen LogP contribution >= 0.6 is 27.3 Å². The number of benzene rings is 1. The number of hydrogen-bond donors (Lipinski definition) is 2. The van der Waals surface area contributed by atoms with Crippen molar-refractivity contribution < 1.29 is 9.69 Å². The summed E-state index contributed by atoms with van der Waals surface area (Å²) < 4.78 is 1.12. The van der Waals surface area contributed by atoms with Gasteiger partial charge in [-0.25, -0.2) is 0 Å².